The summed E-state index contributed by atoms with van der Waals surface area (Å²) in [5, 5.41) is 8.01. The smallest absolute Gasteiger partial charge is 0.251 e. The Hall–Kier alpha value is -4.06. The number of anilines is 1. The van der Waals surface area contributed by atoms with Crippen molar-refractivity contribution in [3.8, 4) is 0 Å². The van der Waals surface area contributed by atoms with E-state index in [-0.39, 0.29) is 23.7 Å². The lowest BCUT2D eigenvalue weighted by Crippen LogP contribution is -2.22. The lowest BCUT2D eigenvalue weighted by molar-refractivity contribution is -0.117. The van der Waals surface area contributed by atoms with Crippen molar-refractivity contribution in [3.63, 3.8) is 0 Å². The van der Waals surface area contributed by atoms with Crippen molar-refractivity contribution >= 4 is 28.3 Å². The van der Waals surface area contributed by atoms with Crippen LogP contribution in [0.1, 0.15) is 33.8 Å². The Bertz CT molecular complexity index is 1270. The zero-order chi connectivity index (χ0) is 21.9. The Balaban J connectivity index is 1.17. The summed E-state index contributed by atoms with van der Waals surface area (Å²) in [5.74, 6) is 0.0410. The summed E-state index contributed by atoms with van der Waals surface area (Å²) in [6.45, 7) is 0.435. The van der Waals surface area contributed by atoms with E-state index in [2.05, 4.69) is 20.6 Å². The number of hydrogen-bond donors (Lipinski definition) is 2. The van der Waals surface area contributed by atoms with E-state index in [0.717, 1.165) is 34.0 Å². The Morgan fingerprint density at radius 3 is 2.56 bits per heavy atom. The highest BCUT2D eigenvalue weighted by atomic mass is 16.2. The van der Waals surface area contributed by atoms with Gasteiger partial charge >= 0.3 is 0 Å². The molecule has 32 heavy (non-hydrogen) atoms. The Morgan fingerprint density at radius 1 is 0.906 bits per heavy atom. The fraction of sp³-hybridized carbons (Fsp3) is 0.154. The van der Waals surface area contributed by atoms with Gasteiger partial charge in [0.2, 0.25) is 5.91 Å². The maximum Gasteiger partial charge on any atom is 0.251 e. The molecule has 2 atom stereocenters. The average Bonchev–Trinajstić information content (AvgIpc) is 3.64. The summed E-state index contributed by atoms with van der Waals surface area (Å²) in [6.07, 6.45) is 7.80. The average molecular weight is 422 g/mol. The van der Waals surface area contributed by atoms with Crippen LogP contribution in [0.3, 0.4) is 0 Å². The fourth-order valence-corrected chi connectivity index (χ4v) is 3.92. The Labute approximate surface area is 185 Å². The SMILES string of the molecule is O=C(NCc1cccnc1)c1ccc([C@@H]2C[C@H]2C(=O)Nc2ccc3cnccc3c2)cc1. The molecule has 0 radical (unpaired) electrons. The van der Waals surface area contributed by atoms with Gasteiger partial charge in [0, 0.05) is 53.9 Å². The van der Waals surface area contributed by atoms with Crippen LogP contribution in [0.2, 0.25) is 0 Å². The topological polar surface area (TPSA) is 84.0 Å². The van der Waals surface area contributed by atoms with Gasteiger partial charge in [0.15, 0.2) is 0 Å². The van der Waals surface area contributed by atoms with Crippen LogP contribution in [0.25, 0.3) is 10.8 Å². The minimum Gasteiger partial charge on any atom is -0.348 e. The number of aromatic nitrogens is 2. The minimum atomic E-state index is -0.128. The largest absolute Gasteiger partial charge is 0.348 e. The molecule has 1 aliphatic carbocycles. The number of nitrogens with one attached hydrogen (secondary N) is 2. The number of fused-ring (bicyclic) bond motifs is 1. The zero-order valence-corrected chi connectivity index (χ0v) is 17.4. The van der Waals surface area contributed by atoms with Gasteiger partial charge in [0.25, 0.3) is 5.91 Å². The van der Waals surface area contributed by atoms with Crippen molar-refractivity contribution in [2.24, 2.45) is 5.92 Å². The molecule has 2 aromatic heterocycles. The van der Waals surface area contributed by atoms with Crippen molar-refractivity contribution in [1.82, 2.24) is 15.3 Å². The van der Waals surface area contributed by atoms with Crippen LogP contribution in [0.4, 0.5) is 5.69 Å². The molecule has 6 nitrogen and oxygen atoms in total. The maximum absolute atomic E-state index is 12.7. The predicted molar refractivity (Wildman–Crippen MR) is 123 cm³/mol. The van der Waals surface area contributed by atoms with Crippen LogP contribution >= 0.6 is 0 Å². The summed E-state index contributed by atoms with van der Waals surface area (Å²) in [5.41, 5.74) is 3.43. The lowest BCUT2D eigenvalue weighted by Gasteiger charge is -2.08. The van der Waals surface area contributed by atoms with Gasteiger partial charge in [-0.15, -0.1) is 0 Å². The van der Waals surface area contributed by atoms with Crippen molar-refractivity contribution < 1.29 is 9.59 Å². The van der Waals surface area contributed by atoms with E-state index >= 15 is 0 Å². The van der Waals surface area contributed by atoms with E-state index in [4.69, 9.17) is 0 Å². The molecule has 1 fully saturated rings. The summed E-state index contributed by atoms with van der Waals surface area (Å²) in [4.78, 5) is 33.2. The number of hydrogen-bond acceptors (Lipinski definition) is 4. The first-order chi connectivity index (χ1) is 15.7. The molecule has 4 aromatic rings. The molecule has 1 aliphatic rings. The molecule has 0 saturated heterocycles. The first-order valence-corrected chi connectivity index (χ1v) is 10.6. The van der Waals surface area contributed by atoms with E-state index in [1.165, 1.54) is 0 Å². The molecule has 0 aliphatic heterocycles. The predicted octanol–water partition coefficient (Wildman–Crippen LogP) is 4.30. The fourth-order valence-electron chi connectivity index (χ4n) is 3.92. The van der Waals surface area contributed by atoms with Gasteiger partial charge in [0.1, 0.15) is 0 Å². The van der Waals surface area contributed by atoms with Crippen molar-refractivity contribution in [1.29, 1.82) is 0 Å². The highest BCUT2D eigenvalue weighted by molar-refractivity contribution is 5.97. The molecule has 2 heterocycles. The van der Waals surface area contributed by atoms with Crippen molar-refractivity contribution in [2.75, 3.05) is 5.32 Å². The molecule has 158 valence electrons. The number of nitrogens with zero attached hydrogens (tertiary/aromatic N) is 2. The van der Waals surface area contributed by atoms with Gasteiger partial charge < -0.3 is 10.6 Å². The van der Waals surface area contributed by atoms with Gasteiger partial charge in [-0.2, -0.15) is 0 Å². The quantitative estimate of drug-likeness (QED) is 0.485. The summed E-state index contributed by atoms with van der Waals surface area (Å²) in [6, 6.07) is 19.0. The first kappa shape index (κ1) is 19.9. The van der Waals surface area contributed by atoms with Crippen LogP contribution in [0.15, 0.2) is 85.5 Å². The molecular formula is C26H22N4O2. The van der Waals surface area contributed by atoms with Gasteiger partial charge in [-0.3, -0.25) is 19.6 Å². The highest BCUT2D eigenvalue weighted by Crippen LogP contribution is 2.48. The summed E-state index contributed by atoms with van der Waals surface area (Å²) >= 11 is 0. The van der Waals surface area contributed by atoms with E-state index in [9.17, 15) is 9.59 Å². The minimum absolute atomic E-state index is 0.0293. The molecule has 0 bridgehead atoms. The van der Waals surface area contributed by atoms with E-state index in [0.29, 0.717) is 12.1 Å². The van der Waals surface area contributed by atoms with Gasteiger partial charge in [-0.25, -0.2) is 0 Å². The maximum atomic E-state index is 12.7. The molecule has 2 aromatic carbocycles. The monoisotopic (exact) mass is 422 g/mol. The summed E-state index contributed by atoms with van der Waals surface area (Å²) < 4.78 is 0. The molecule has 0 unspecified atom stereocenters. The van der Waals surface area contributed by atoms with Crippen LogP contribution < -0.4 is 10.6 Å². The third kappa shape index (κ3) is 4.34. The number of carbonyl (C=O) groups excluding carboxylic acids is 2. The van der Waals surface area contributed by atoms with Gasteiger partial charge in [0.05, 0.1) is 0 Å². The number of carbonyl (C=O) groups is 2. The van der Waals surface area contributed by atoms with E-state index < -0.39 is 0 Å². The third-order valence-electron chi connectivity index (χ3n) is 5.81. The van der Waals surface area contributed by atoms with Crippen LogP contribution in [-0.2, 0) is 11.3 Å². The Kier molecular flexibility index (Phi) is 5.34. The number of pyridine rings is 2. The molecule has 0 spiro atoms. The molecule has 5 rings (SSSR count). The third-order valence-corrected chi connectivity index (χ3v) is 5.81. The van der Waals surface area contributed by atoms with Crippen LogP contribution in [0, 0.1) is 5.92 Å². The molecular weight excluding hydrogens is 400 g/mol. The zero-order valence-electron chi connectivity index (χ0n) is 17.4. The van der Waals surface area contributed by atoms with Crippen LogP contribution in [-0.4, -0.2) is 21.8 Å². The molecule has 2 N–H and O–H groups in total. The summed E-state index contributed by atoms with van der Waals surface area (Å²) in [7, 11) is 0. The van der Waals surface area contributed by atoms with Crippen LogP contribution in [0.5, 0.6) is 0 Å². The lowest BCUT2D eigenvalue weighted by atomic mass is 10.1. The van der Waals surface area contributed by atoms with E-state index in [1.54, 1.807) is 24.8 Å². The van der Waals surface area contributed by atoms with Gasteiger partial charge in [-0.05, 0) is 65.3 Å². The second-order valence-electron chi connectivity index (χ2n) is 8.04. The van der Waals surface area contributed by atoms with Gasteiger partial charge in [-0.1, -0.05) is 24.3 Å². The molecule has 6 heteroatoms. The number of rotatable bonds is 6. The molecule has 2 amide bonds. The number of benzene rings is 2. The second kappa shape index (κ2) is 8.59. The van der Waals surface area contributed by atoms with E-state index in [1.807, 2.05) is 60.7 Å². The Morgan fingerprint density at radius 2 is 1.75 bits per heavy atom. The second-order valence-corrected chi connectivity index (χ2v) is 8.04. The number of amides is 2. The van der Waals surface area contributed by atoms with Crippen molar-refractivity contribution in [3.05, 3.63) is 102 Å². The van der Waals surface area contributed by atoms with Crippen molar-refractivity contribution in [2.45, 2.75) is 18.9 Å². The first-order valence-electron chi connectivity index (χ1n) is 10.6. The standard InChI is InChI=1S/C26H22N4O2/c31-25(29-15-17-2-1-10-27-14-17)19-5-3-18(4-6-19)23-13-24(23)26(32)30-22-8-7-21-16-28-11-9-20(21)12-22/h1-12,14,16,23-24H,13,15H2,(H,29,31)(H,30,32)/t23-,24+/m0/s1. The normalized spacial score (nSPS) is 17.0. The highest BCUT2D eigenvalue weighted by Gasteiger charge is 2.43. The molecule has 1 saturated carbocycles.